The van der Waals surface area contributed by atoms with E-state index in [1.807, 2.05) is 24.3 Å². The highest BCUT2D eigenvalue weighted by Gasteiger charge is 2.10. The van der Waals surface area contributed by atoms with E-state index in [1.165, 1.54) is 11.8 Å². The van der Waals surface area contributed by atoms with Crippen LogP contribution in [0.5, 0.6) is 5.75 Å². The number of aliphatic hydroxyl groups excluding tert-OH is 2. The van der Waals surface area contributed by atoms with Gasteiger partial charge in [0.2, 0.25) is 5.89 Å². The molecule has 0 aliphatic heterocycles. The highest BCUT2D eigenvalue weighted by molar-refractivity contribution is 7.99. The predicted molar refractivity (Wildman–Crippen MR) is 73.9 cm³/mol. The quantitative estimate of drug-likeness (QED) is 0.740. The normalized spacial score (nSPS) is 12.3. The Morgan fingerprint density at radius 2 is 2.05 bits per heavy atom. The first-order valence-electron chi connectivity index (χ1n) is 6.08. The van der Waals surface area contributed by atoms with Crippen molar-refractivity contribution in [1.82, 2.24) is 10.2 Å². The summed E-state index contributed by atoms with van der Waals surface area (Å²) in [5, 5.41) is 26.2. The van der Waals surface area contributed by atoms with Crippen molar-refractivity contribution in [2.45, 2.75) is 17.7 Å². The number of thioether (sulfide) groups is 1. The Hall–Kier alpha value is -1.57. The number of hydrogen-bond acceptors (Lipinski definition) is 7. The molecule has 0 spiro atoms. The lowest BCUT2D eigenvalue weighted by Gasteiger charge is -2.02. The topological polar surface area (TPSA) is 88.6 Å². The second-order valence-electron chi connectivity index (χ2n) is 4.13. The fourth-order valence-electron chi connectivity index (χ4n) is 1.51. The summed E-state index contributed by atoms with van der Waals surface area (Å²) in [7, 11) is 1.62. The van der Waals surface area contributed by atoms with Crippen molar-refractivity contribution >= 4 is 11.8 Å². The van der Waals surface area contributed by atoms with E-state index in [-0.39, 0.29) is 6.61 Å². The zero-order valence-corrected chi connectivity index (χ0v) is 11.8. The van der Waals surface area contributed by atoms with Gasteiger partial charge in [0.25, 0.3) is 5.22 Å². The van der Waals surface area contributed by atoms with Gasteiger partial charge in [-0.05, 0) is 17.7 Å². The molecule has 0 saturated carbocycles. The van der Waals surface area contributed by atoms with Gasteiger partial charge in [-0.3, -0.25) is 0 Å². The largest absolute Gasteiger partial charge is 0.497 e. The molecule has 0 aliphatic rings. The van der Waals surface area contributed by atoms with Crippen molar-refractivity contribution in [3.8, 4) is 5.75 Å². The number of aromatic nitrogens is 2. The summed E-state index contributed by atoms with van der Waals surface area (Å²) in [5.41, 5.74) is 1.04. The third-order valence-corrected chi connectivity index (χ3v) is 3.54. The lowest BCUT2D eigenvalue weighted by atomic mass is 10.1. The molecule has 2 aromatic rings. The van der Waals surface area contributed by atoms with Gasteiger partial charge in [-0.2, -0.15) is 0 Å². The molecule has 1 aromatic carbocycles. The van der Waals surface area contributed by atoms with E-state index in [1.54, 1.807) is 7.11 Å². The van der Waals surface area contributed by atoms with Crippen LogP contribution in [-0.4, -0.2) is 46.0 Å². The minimum absolute atomic E-state index is 0.278. The van der Waals surface area contributed by atoms with Crippen LogP contribution in [0.4, 0.5) is 0 Å². The van der Waals surface area contributed by atoms with E-state index in [0.29, 0.717) is 23.3 Å². The summed E-state index contributed by atoms with van der Waals surface area (Å²) >= 11 is 1.22. The zero-order chi connectivity index (χ0) is 14.4. The van der Waals surface area contributed by atoms with Gasteiger partial charge in [0.05, 0.1) is 26.2 Å². The summed E-state index contributed by atoms with van der Waals surface area (Å²) < 4.78 is 10.5. The molecule has 108 valence electrons. The predicted octanol–water partition coefficient (Wildman–Crippen LogP) is 1.11. The van der Waals surface area contributed by atoms with E-state index >= 15 is 0 Å². The minimum Gasteiger partial charge on any atom is -0.497 e. The number of nitrogens with zero attached hydrogens (tertiary/aromatic N) is 2. The van der Waals surface area contributed by atoms with Crippen LogP contribution in [0.25, 0.3) is 0 Å². The van der Waals surface area contributed by atoms with Crippen molar-refractivity contribution in [2.24, 2.45) is 0 Å². The highest BCUT2D eigenvalue weighted by atomic mass is 32.2. The van der Waals surface area contributed by atoms with Crippen LogP contribution in [0.2, 0.25) is 0 Å². The van der Waals surface area contributed by atoms with E-state index in [4.69, 9.17) is 14.3 Å². The Labute approximate surface area is 120 Å². The molecule has 1 atom stereocenters. The summed E-state index contributed by atoms with van der Waals surface area (Å²) in [6.45, 7) is -0.278. The van der Waals surface area contributed by atoms with Crippen LogP contribution in [0, 0.1) is 0 Å². The highest BCUT2D eigenvalue weighted by Crippen LogP contribution is 2.19. The Morgan fingerprint density at radius 1 is 1.30 bits per heavy atom. The maximum Gasteiger partial charge on any atom is 0.276 e. The number of aliphatic hydroxyl groups is 2. The van der Waals surface area contributed by atoms with E-state index in [0.717, 1.165) is 11.3 Å². The van der Waals surface area contributed by atoms with Gasteiger partial charge in [0.15, 0.2) is 0 Å². The van der Waals surface area contributed by atoms with Gasteiger partial charge in [-0.15, -0.1) is 10.2 Å². The molecule has 1 unspecified atom stereocenters. The Morgan fingerprint density at radius 3 is 2.70 bits per heavy atom. The van der Waals surface area contributed by atoms with Crippen LogP contribution in [-0.2, 0) is 6.42 Å². The lowest BCUT2D eigenvalue weighted by Crippen LogP contribution is -2.14. The van der Waals surface area contributed by atoms with Crippen molar-refractivity contribution in [3.63, 3.8) is 0 Å². The van der Waals surface area contributed by atoms with Crippen molar-refractivity contribution in [2.75, 3.05) is 19.5 Å². The molecule has 6 nitrogen and oxygen atoms in total. The minimum atomic E-state index is -0.781. The van der Waals surface area contributed by atoms with Gasteiger partial charge >= 0.3 is 0 Å². The van der Waals surface area contributed by atoms with Gasteiger partial charge in [-0.1, -0.05) is 23.9 Å². The van der Waals surface area contributed by atoms with Crippen LogP contribution in [0.3, 0.4) is 0 Å². The number of benzene rings is 1. The number of rotatable bonds is 7. The van der Waals surface area contributed by atoms with Crippen molar-refractivity contribution in [3.05, 3.63) is 35.7 Å². The Bertz CT molecular complexity index is 529. The first-order chi connectivity index (χ1) is 9.71. The molecule has 2 rings (SSSR count). The molecule has 7 heteroatoms. The summed E-state index contributed by atoms with van der Waals surface area (Å²) in [6, 6.07) is 7.62. The maximum absolute atomic E-state index is 9.24. The molecule has 1 aromatic heterocycles. The molecule has 1 heterocycles. The number of methoxy groups -OCH3 is 1. The van der Waals surface area contributed by atoms with Crippen molar-refractivity contribution in [1.29, 1.82) is 0 Å². The Balaban J connectivity index is 1.91. The summed E-state index contributed by atoms with van der Waals surface area (Å²) in [4.78, 5) is 0. The van der Waals surface area contributed by atoms with Gasteiger partial charge in [-0.25, -0.2) is 0 Å². The molecular weight excluding hydrogens is 280 g/mol. The molecule has 0 radical (unpaired) electrons. The van der Waals surface area contributed by atoms with Crippen LogP contribution >= 0.6 is 11.8 Å². The smallest absolute Gasteiger partial charge is 0.276 e. The third kappa shape index (κ3) is 4.22. The molecule has 2 N–H and O–H groups in total. The van der Waals surface area contributed by atoms with Gasteiger partial charge in [0.1, 0.15) is 5.75 Å². The first kappa shape index (κ1) is 14.8. The Kier molecular flexibility index (Phi) is 5.40. The molecule has 0 fully saturated rings. The fraction of sp³-hybridized carbons (Fsp3) is 0.385. The lowest BCUT2D eigenvalue weighted by molar-refractivity contribution is 0.113. The molecule has 0 aliphatic carbocycles. The van der Waals surface area contributed by atoms with Crippen LogP contribution < -0.4 is 4.74 Å². The number of hydrogen-bond donors (Lipinski definition) is 2. The average Bonchev–Trinajstić information content (AvgIpc) is 2.93. The van der Waals surface area contributed by atoms with E-state index < -0.39 is 6.10 Å². The van der Waals surface area contributed by atoms with Crippen LogP contribution in [0.1, 0.15) is 11.5 Å². The molecule has 0 saturated heterocycles. The SMILES string of the molecule is COc1ccc(Cc2nnc(SCC(O)CO)o2)cc1. The maximum atomic E-state index is 9.24. The molecular formula is C13H16N2O4S. The van der Waals surface area contributed by atoms with Gasteiger partial charge < -0.3 is 19.4 Å². The van der Waals surface area contributed by atoms with Crippen LogP contribution in [0.15, 0.2) is 33.9 Å². The second-order valence-corrected chi connectivity index (χ2v) is 5.11. The van der Waals surface area contributed by atoms with E-state index in [2.05, 4.69) is 10.2 Å². The van der Waals surface area contributed by atoms with Crippen molar-refractivity contribution < 1.29 is 19.4 Å². The number of ether oxygens (including phenoxy) is 1. The summed E-state index contributed by atoms with van der Waals surface area (Å²) in [6.07, 6.45) is -0.239. The monoisotopic (exact) mass is 296 g/mol. The molecule has 0 amide bonds. The van der Waals surface area contributed by atoms with Gasteiger partial charge in [0, 0.05) is 5.75 Å². The standard InChI is InChI=1S/C13H16N2O4S/c1-18-11-4-2-9(3-5-11)6-12-14-15-13(19-12)20-8-10(17)7-16/h2-5,10,16-17H,6-8H2,1H3. The second kappa shape index (κ2) is 7.28. The first-order valence-corrected chi connectivity index (χ1v) is 7.07. The summed E-state index contributed by atoms with van der Waals surface area (Å²) in [5.74, 6) is 1.63. The zero-order valence-electron chi connectivity index (χ0n) is 11.0. The molecule has 20 heavy (non-hydrogen) atoms. The van der Waals surface area contributed by atoms with E-state index in [9.17, 15) is 5.11 Å². The molecule has 0 bridgehead atoms. The third-order valence-electron chi connectivity index (χ3n) is 2.57. The fourth-order valence-corrected chi connectivity index (χ4v) is 2.20. The average molecular weight is 296 g/mol.